The van der Waals surface area contributed by atoms with E-state index in [1.807, 2.05) is 24.6 Å². The molecule has 138 valence electrons. The number of piperazine rings is 1. The summed E-state index contributed by atoms with van der Waals surface area (Å²) in [7, 11) is 0. The van der Waals surface area contributed by atoms with Crippen molar-refractivity contribution in [2.45, 2.75) is 32.5 Å². The van der Waals surface area contributed by atoms with E-state index >= 15 is 0 Å². The van der Waals surface area contributed by atoms with E-state index in [1.165, 1.54) is 23.1 Å². The van der Waals surface area contributed by atoms with E-state index in [2.05, 4.69) is 15.6 Å². The monoisotopic (exact) mass is 359 g/mol. The third-order valence-corrected chi connectivity index (χ3v) is 4.34. The fraction of sp³-hybridized carbons (Fsp3) is 0.389. The van der Waals surface area contributed by atoms with Gasteiger partial charge in [-0.3, -0.25) is 4.79 Å². The van der Waals surface area contributed by atoms with E-state index in [-0.39, 0.29) is 24.5 Å². The van der Waals surface area contributed by atoms with Gasteiger partial charge in [0.05, 0.1) is 6.54 Å². The molecule has 8 heteroatoms. The van der Waals surface area contributed by atoms with Gasteiger partial charge in [-0.2, -0.15) is 0 Å². The van der Waals surface area contributed by atoms with Gasteiger partial charge < -0.3 is 20.1 Å². The summed E-state index contributed by atoms with van der Waals surface area (Å²) in [5.74, 6) is -0.0296. The van der Waals surface area contributed by atoms with Crippen molar-refractivity contribution in [3.63, 3.8) is 0 Å². The van der Waals surface area contributed by atoms with E-state index in [4.69, 9.17) is 0 Å². The normalized spacial score (nSPS) is 17.3. The zero-order valence-corrected chi connectivity index (χ0v) is 14.8. The first-order valence-electron chi connectivity index (χ1n) is 8.56. The van der Waals surface area contributed by atoms with Crippen LogP contribution in [0, 0.1) is 5.82 Å². The number of hydrogen-bond acceptors (Lipinski definition) is 3. The number of nitrogens with zero attached hydrogens (tertiary/aromatic N) is 3. The number of rotatable bonds is 4. The highest BCUT2D eigenvalue weighted by Gasteiger charge is 2.34. The second-order valence-electron chi connectivity index (χ2n) is 6.45. The number of urea groups is 1. The average molecular weight is 359 g/mol. The van der Waals surface area contributed by atoms with Gasteiger partial charge in [-0.05, 0) is 31.5 Å². The summed E-state index contributed by atoms with van der Waals surface area (Å²) >= 11 is 0. The molecular weight excluding hydrogens is 337 g/mol. The van der Waals surface area contributed by atoms with Gasteiger partial charge >= 0.3 is 6.03 Å². The van der Waals surface area contributed by atoms with Crippen molar-refractivity contribution in [3.8, 4) is 0 Å². The van der Waals surface area contributed by atoms with E-state index in [9.17, 15) is 14.0 Å². The van der Waals surface area contributed by atoms with Crippen LogP contribution < -0.4 is 10.6 Å². The second-order valence-corrected chi connectivity index (χ2v) is 6.45. The molecule has 0 radical (unpaired) electrons. The molecule has 3 rings (SSSR count). The zero-order chi connectivity index (χ0) is 18.7. The summed E-state index contributed by atoms with van der Waals surface area (Å²) in [6.45, 7) is 5.01. The number of carbonyl (C=O) groups excluding carboxylic acids is 2. The number of aromatic nitrogens is 2. The molecule has 0 bridgehead atoms. The highest BCUT2D eigenvalue weighted by Crippen LogP contribution is 2.24. The Morgan fingerprint density at radius 1 is 1.46 bits per heavy atom. The molecule has 1 atom stereocenters. The Morgan fingerprint density at radius 3 is 3.00 bits per heavy atom. The molecule has 2 aromatic rings. The van der Waals surface area contributed by atoms with Crippen LogP contribution in [0.3, 0.4) is 0 Å². The molecule has 0 spiro atoms. The molecule has 2 heterocycles. The maximum Gasteiger partial charge on any atom is 0.318 e. The van der Waals surface area contributed by atoms with Gasteiger partial charge in [0.2, 0.25) is 5.91 Å². The van der Waals surface area contributed by atoms with Gasteiger partial charge in [0.1, 0.15) is 17.7 Å². The van der Waals surface area contributed by atoms with Crippen molar-refractivity contribution in [3.05, 3.63) is 53.9 Å². The maximum atomic E-state index is 13.6. The largest absolute Gasteiger partial charge is 0.352 e. The fourth-order valence-electron chi connectivity index (χ4n) is 3.10. The number of benzene rings is 1. The third kappa shape index (κ3) is 3.68. The van der Waals surface area contributed by atoms with E-state index in [0.717, 1.165) is 5.82 Å². The molecule has 0 unspecified atom stereocenters. The SMILES string of the molecule is CC(C)n1ccnc1CNC(=O)N1CCNC(=O)[C@H]1c1cccc(F)c1. The van der Waals surface area contributed by atoms with Crippen LogP contribution in [0.1, 0.15) is 37.3 Å². The molecule has 0 saturated carbocycles. The Kier molecular flexibility index (Phi) is 5.20. The highest BCUT2D eigenvalue weighted by atomic mass is 19.1. The van der Waals surface area contributed by atoms with Gasteiger partial charge in [0.15, 0.2) is 0 Å². The smallest absolute Gasteiger partial charge is 0.318 e. The van der Waals surface area contributed by atoms with Crippen LogP contribution in [0.4, 0.5) is 9.18 Å². The third-order valence-electron chi connectivity index (χ3n) is 4.34. The van der Waals surface area contributed by atoms with Crippen LogP contribution >= 0.6 is 0 Å². The second kappa shape index (κ2) is 7.55. The predicted molar refractivity (Wildman–Crippen MR) is 93.7 cm³/mol. The van der Waals surface area contributed by atoms with Crippen LogP contribution in [-0.2, 0) is 11.3 Å². The minimum atomic E-state index is -0.857. The van der Waals surface area contributed by atoms with Crippen molar-refractivity contribution in [1.82, 2.24) is 25.1 Å². The van der Waals surface area contributed by atoms with Crippen LogP contribution in [0.5, 0.6) is 0 Å². The van der Waals surface area contributed by atoms with Crippen LogP contribution in [0.25, 0.3) is 0 Å². The summed E-state index contributed by atoms with van der Waals surface area (Å²) < 4.78 is 15.5. The van der Waals surface area contributed by atoms with Gasteiger partial charge in [-0.1, -0.05) is 12.1 Å². The van der Waals surface area contributed by atoms with Crippen molar-refractivity contribution < 1.29 is 14.0 Å². The average Bonchev–Trinajstić information content (AvgIpc) is 3.08. The van der Waals surface area contributed by atoms with E-state index in [1.54, 1.807) is 12.3 Å². The molecule has 1 saturated heterocycles. The first-order valence-corrected chi connectivity index (χ1v) is 8.56. The van der Waals surface area contributed by atoms with Crippen molar-refractivity contribution in [2.75, 3.05) is 13.1 Å². The molecule has 1 aliphatic heterocycles. The quantitative estimate of drug-likeness (QED) is 0.876. The van der Waals surface area contributed by atoms with Crippen LogP contribution in [0.2, 0.25) is 0 Å². The highest BCUT2D eigenvalue weighted by molar-refractivity contribution is 5.89. The molecule has 7 nitrogen and oxygen atoms in total. The lowest BCUT2D eigenvalue weighted by molar-refractivity contribution is -0.127. The number of nitrogens with one attached hydrogen (secondary N) is 2. The summed E-state index contributed by atoms with van der Waals surface area (Å²) in [6.07, 6.45) is 3.54. The van der Waals surface area contributed by atoms with E-state index < -0.39 is 11.9 Å². The molecule has 1 fully saturated rings. The predicted octanol–water partition coefficient (Wildman–Crippen LogP) is 1.99. The molecule has 2 N–H and O–H groups in total. The first-order chi connectivity index (χ1) is 12.5. The minimum absolute atomic E-state index is 0.227. The van der Waals surface area contributed by atoms with Gasteiger partial charge in [0, 0.05) is 31.5 Å². The zero-order valence-electron chi connectivity index (χ0n) is 14.8. The maximum absolute atomic E-state index is 13.6. The lowest BCUT2D eigenvalue weighted by atomic mass is 10.0. The van der Waals surface area contributed by atoms with Crippen molar-refractivity contribution >= 4 is 11.9 Å². The van der Waals surface area contributed by atoms with E-state index in [0.29, 0.717) is 18.7 Å². The number of amides is 3. The Hall–Kier alpha value is -2.90. The number of carbonyl (C=O) groups is 2. The molecule has 1 aromatic heterocycles. The molecule has 3 amide bonds. The van der Waals surface area contributed by atoms with Gasteiger partial charge in [-0.25, -0.2) is 14.2 Å². The topological polar surface area (TPSA) is 79.3 Å². The minimum Gasteiger partial charge on any atom is -0.352 e. The molecule has 0 aliphatic carbocycles. The molecule has 26 heavy (non-hydrogen) atoms. The van der Waals surface area contributed by atoms with Crippen LogP contribution in [0.15, 0.2) is 36.7 Å². The molecule has 1 aliphatic rings. The summed E-state index contributed by atoms with van der Waals surface area (Å²) in [4.78, 5) is 30.7. The Morgan fingerprint density at radius 2 is 2.27 bits per heavy atom. The van der Waals surface area contributed by atoms with Gasteiger partial charge in [0.25, 0.3) is 0 Å². The lowest BCUT2D eigenvalue weighted by Gasteiger charge is -2.35. The van der Waals surface area contributed by atoms with Crippen molar-refractivity contribution in [2.24, 2.45) is 0 Å². The van der Waals surface area contributed by atoms with Gasteiger partial charge in [-0.15, -0.1) is 0 Å². The molecular formula is C18H22FN5O2. The molecule has 1 aromatic carbocycles. The summed E-state index contributed by atoms with van der Waals surface area (Å²) in [6, 6.07) is 4.75. The van der Waals surface area contributed by atoms with Crippen molar-refractivity contribution in [1.29, 1.82) is 0 Å². The fourth-order valence-corrected chi connectivity index (χ4v) is 3.10. The Labute approximate surface area is 151 Å². The standard InChI is InChI=1S/C18H22FN5O2/c1-12(2)23-8-6-20-15(23)11-22-18(26)24-9-7-21-17(25)16(24)13-4-3-5-14(19)10-13/h3-6,8,10,12,16H,7,9,11H2,1-2H3,(H,21,25)(H,22,26)/t16-/m1/s1. The number of imidazole rings is 1. The lowest BCUT2D eigenvalue weighted by Crippen LogP contribution is -2.54. The number of hydrogen-bond donors (Lipinski definition) is 2. The summed E-state index contributed by atoms with van der Waals surface area (Å²) in [5, 5.41) is 5.54. The first kappa shape index (κ1) is 17.9. The Bertz CT molecular complexity index is 804. The summed E-state index contributed by atoms with van der Waals surface area (Å²) in [5.41, 5.74) is 0.445. The number of halogens is 1. The van der Waals surface area contributed by atoms with Crippen LogP contribution in [-0.4, -0.2) is 39.5 Å². The Balaban J connectivity index is 1.75.